The quantitative estimate of drug-likeness (QED) is 0.571. The number of rotatable bonds is 5. The minimum absolute atomic E-state index is 0.460. The molecule has 1 saturated heterocycles. The van der Waals surface area contributed by atoms with Gasteiger partial charge in [0.15, 0.2) is 0 Å². The number of hydrogen-bond acceptors (Lipinski definition) is 2. The Bertz CT molecular complexity index is 146. The number of piperidine rings is 1. The van der Waals surface area contributed by atoms with E-state index in [1.54, 1.807) is 0 Å². The minimum Gasteiger partial charge on any atom is -0.379 e. The fourth-order valence-corrected chi connectivity index (χ4v) is 2.85. The van der Waals surface area contributed by atoms with Gasteiger partial charge in [0, 0.05) is 17.6 Å². The second-order valence-electron chi connectivity index (χ2n) is 4.03. The first-order valence-corrected chi connectivity index (χ1v) is 7.20. The van der Waals surface area contributed by atoms with E-state index < -0.39 is 0 Å². The second kappa shape index (κ2) is 7.01. The smallest absolute Gasteiger partial charge is 0.0575 e. The maximum absolute atomic E-state index is 5.66. The Morgan fingerprint density at radius 3 is 2.57 bits per heavy atom. The lowest BCUT2D eigenvalue weighted by molar-refractivity contribution is 0.00922. The number of likely N-dealkylation sites (tertiary alicyclic amines) is 1. The van der Waals surface area contributed by atoms with Crippen molar-refractivity contribution in [3.8, 4) is 0 Å². The summed E-state index contributed by atoms with van der Waals surface area (Å²) < 4.78 is 6.91. The van der Waals surface area contributed by atoms with E-state index in [9.17, 15) is 0 Å². The molecule has 3 heteroatoms. The lowest BCUT2D eigenvalue weighted by atomic mass is 9.92. The Kier molecular flexibility index (Phi) is 6.37. The van der Waals surface area contributed by atoms with Crippen LogP contribution in [-0.2, 0) is 4.74 Å². The number of ether oxygens (including phenoxy) is 1. The third-order valence-corrected chi connectivity index (χ3v) is 3.61. The first-order valence-electron chi connectivity index (χ1n) is 5.67. The highest BCUT2D eigenvalue weighted by Crippen LogP contribution is 2.22. The summed E-state index contributed by atoms with van der Waals surface area (Å²) in [7, 11) is 0. The van der Waals surface area contributed by atoms with E-state index in [0.717, 1.165) is 12.5 Å². The summed E-state index contributed by atoms with van der Waals surface area (Å²) in [5.74, 6) is 0.792. The number of halogens is 1. The van der Waals surface area contributed by atoms with Crippen LogP contribution in [0.4, 0.5) is 0 Å². The van der Waals surface area contributed by atoms with Crippen LogP contribution in [0.1, 0.15) is 26.7 Å². The summed E-state index contributed by atoms with van der Waals surface area (Å²) in [5.41, 5.74) is 0. The standard InChI is InChI=1S/C11H22INO/c1-3-14-10(2)11-4-7-13(8-5-11)9-6-12/h10-11H,3-9H2,1-2H3. The van der Waals surface area contributed by atoms with Gasteiger partial charge in [-0.2, -0.15) is 0 Å². The molecule has 1 aliphatic heterocycles. The molecule has 1 rings (SSSR count). The van der Waals surface area contributed by atoms with Gasteiger partial charge in [0.05, 0.1) is 6.10 Å². The molecule has 1 fully saturated rings. The number of nitrogens with zero attached hydrogens (tertiary/aromatic N) is 1. The molecule has 1 aliphatic rings. The number of hydrogen-bond donors (Lipinski definition) is 0. The van der Waals surface area contributed by atoms with Crippen LogP contribution in [0.15, 0.2) is 0 Å². The largest absolute Gasteiger partial charge is 0.379 e. The molecule has 1 heterocycles. The molecule has 0 N–H and O–H groups in total. The third-order valence-electron chi connectivity index (χ3n) is 3.13. The SMILES string of the molecule is CCOC(C)C1CCN(CCI)CC1. The van der Waals surface area contributed by atoms with Crippen molar-refractivity contribution in [3.63, 3.8) is 0 Å². The van der Waals surface area contributed by atoms with Crippen molar-refractivity contribution in [3.05, 3.63) is 0 Å². The van der Waals surface area contributed by atoms with E-state index in [4.69, 9.17) is 4.74 Å². The molecule has 0 aromatic heterocycles. The highest BCUT2D eigenvalue weighted by atomic mass is 127. The molecule has 0 aliphatic carbocycles. The molecule has 84 valence electrons. The van der Waals surface area contributed by atoms with Crippen molar-refractivity contribution in [2.24, 2.45) is 5.92 Å². The van der Waals surface area contributed by atoms with Crippen molar-refractivity contribution < 1.29 is 4.74 Å². The van der Waals surface area contributed by atoms with E-state index in [1.807, 2.05) is 0 Å². The molecule has 0 aromatic rings. The Labute approximate surface area is 102 Å². The second-order valence-corrected chi connectivity index (χ2v) is 5.11. The highest BCUT2D eigenvalue weighted by molar-refractivity contribution is 14.1. The summed E-state index contributed by atoms with van der Waals surface area (Å²) >= 11 is 2.46. The van der Waals surface area contributed by atoms with Crippen LogP contribution in [0, 0.1) is 5.92 Å². The van der Waals surface area contributed by atoms with Crippen LogP contribution in [0.5, 0.6) is 0 Å². The molecule has 1 atom stereocenters. The Balaban J connectivity index is 2.21. The van der Waals surface area contributed by atoms with Crippen molar-refractivity contribution in [1.82, 2.24) is 4.90 Å². The molecule has 0 spiro atoms. The van der Waals surface area contributed by atoms with Crippen LogP contribution in [0.25, 0.3) is 0 Å². The van der Waals surface area contributed by atoms with Gasteiger partial charge >= 0.3 is 0 Å². The Morgan fingerprint density at radius 1 is 1.43 bits per heavy atom. The van der Waals surface area contributed by atoms with Crippen molar-refractivity contribution in [2.45, 2.75) is 32.8 Å². The zero-order chi connectivity index (χ0) is 10.4. The summed E-state index contributed by atoms with van der Waals surface area (Å²) in [5, 5.41) is 0. The maximum Gasteiger partial charge on any atom is 0.0575 e. The average Bonchev–Trinajstić information content (AvgIpc) is 2.20. The average molecular weight is 311 g/mol. The molecule has 0 bridgehead atoms. The Morgan fingerprint density at radius 2 is 2.07 bits per heavy atom. The predicted octanol–water partition coefficient (Wildman–Crippen LogP) is 2.56. The van der Waals surface area contributed by atoms with Gasteiger partial charge in [-0.1, -0.05) is 22.6 Å². The molecule has 0 amide bonds. The highest BCUT2D eigenvalue weighted by Gasteiger charge is 2.23. The van der Waals surface area contributed by atoms with Crippen molar-refractivity contribution in [2.75, 3.05) is 30.7 Å². The topological polar surface area (TPSA) is 12.5 Å². The number of alkyl halides is 1. The summed E-state index contributed by atoms with van der Waals surface area (Å²) in [6.07, 6.45) is 3.09. The van der Waals surface area contributed by atoms with E-state index in [1.165, 1.54) is 36.9 Å². The molecule has 2 nitrogen and oxygen atoms in total. The molecule has 14 heavy (non-hydrogen) atoms. The van der Waals surface area contributed by atoms with Gasteiger partial charge in [-0.05, 0) is 45.7 Å². The predicted molar refractivity (Wildman–Crippen MR) is 69.1 cm³/mol. The van der Waals surface area contributed by atoms with Gasteiger partial charge in [0.2, 0.25) is 0 Å². The van der Waals surface area contributed by atoms with E-state index in [2.05, 4.69) is 41.3 Å². The third kappa shape index (κ3) is 4.03. The normalized spacial score (nSPS) is 22.5. The molecular formula is C11H22INO. The van der Waals surface area contributed by atoms with Crippen LogP contribution >= 0.6 is 22.6 Å². The monoisotopic (exact) mass is 311 g/mol. The summed E-state index contributed by atoms with van der Waals surface area (Å²) in [4.78, 5) is 2.57. The molecule has 1 unspecified atom stereocenters. The van der Waals surface area contributed by atoms with Crippen LogP contribution in [0.2, 0.25) is 0 Å². The maximum atomic E-state index is 5.66. The van der Waals surface area contributed by atoms with Crippen molar-refractivity contribution >= 4 is 22.6 Å². The molecular weight excluding hydrogens is 289 g/mol. The fourth-order valence-electron chi connectivity index (χ4n) is 2.16. The molecule has 0 radical (unpaired) electrons. The van der Waals surface area contributed by atoms with Gasteiger partial charge in [0.25, 0.3) is 0 Å². The molecule has 0 saturated carbocycles. The van der Waals surface area contributed by atoms with E-state index in [0.29, 0.717) is 6.10 Å². The van der Waals surface area contributed by atoms with E-state index in [-0.39, 0.29) is 0 Å². The fraction of sp³-hybridized carbons (Fsp3) is 1.00. The van der Waals surface area contributed by atoms with Gasteiger partial charge in [-0.25, -0.2) is 0 Å². The van der Waals surface area contributed by atoms with Gasteiger partial charge in [-0.3, -0.25) is 0 Å². The van der Waals surface area contributed by atoms with E-state index >= 15 is 0 Å². The Hall–Kier alpha value is 0.650. The summed E-state index contributed by atoms with van der Waals surface area (Å²) in [6, 6.07) is 0. The molecule has 0 aromatic carbocycles. The first kappa shape index (κ1) is 12.7. The zero-order valence-corrected chi connectivity index (χ0v) is 11.5. The van der Waals surface area contributed by atoms with Crippen LogP contribution in [0.3, 0.4) is 0 Å². The van der Waals surface area contributed by atoms with Gasteiger partial charge in [0.1, 0.15) is 0 Å². The minimum atomic E-state index is 0.460. The van der Waals surface area contributed by atoms with Gasteiger partial charge in [-0.15, -0.1) is 0 Å². The van der Waals surface area contributed by atoms with Gasteiger partial charge < -0.3 is 9.64 Å². The van der Waals surface area contributed by atoms with Crippen molar-refractivity contribution in [1.29, 1.82) is 0 Å². The van der Waals surface area contributed by atoms with Crippen LogP contribution in [-0.4, -0.2) is 41.7 Å². The summed E-state index contributed by atoms with van der Waals surface area (Å²) in [6.45, 7) is 8.96. The first-order chi connectivity index (χ1) is 6.77. The lowest BCUT2D eigenvalue weighted by Gasteiger charge is -2.34. The zero-order valence-electron chi connectivity index (χ0n) is 9.34. The lowest BCUT2D eigenvalue weighted by Crippen LogP contribution is -2.38. The van der Waals surface area contributed by atoms with Crippen LogP contribution < -0.4 is 0 Å².